The molecule has 0 aromatic heterocycles. The molecule has 86 valence electrons. The van der Waals surface area contributed by atoms with E-state index in [1.165, 1.54) is 51.4 Å². The normalized spacial score (nSPS) is 15.4. The van der Waals surface area contributed by atoms with E-state index in [1.54, 1.807) is 0 Å². The van der Waals surface area contributed by atoms with Crippen LogP contribution in [0, 0.1) is 11.8 Å². The van der Waals surface area contributed by atoms with E-state index in [0.717, 1.165) is 11.8 Å². The number of unbranched alkanes of at least 4 members (excludes halogenated alkanes) is 4. The molecule has 0 aliphatic carbocycles. The van der Waals surface area contributed by atoms with Crippen LogP contribution in [-0.4, -0.2) is 0 Å². The van der Waals surface area contributed by atoms with Gasteiger partial charge in [0.1, 0.15) is 0 Å². The lowest BCUT2D eigenvalue weighted by atomic mass is 9.87. The summed E-state index contributed by atoms with van der Waals surface area (Å²) in [6.07, 6.45) is 11.3. The summed E-state index contributed by atoms with van der Waals surface area (Å²) in [7, 11) is 0. The predicted octanol–water partition coefficient (Wildman–Crippen LogP) is 5.42. The average Bonchev–Trinajstić information content (AvgIpc) is 2.18. The Kier molecular flexibility index (Phi) is 9.55. The Bertz CT molecular complexity index is 92.6. The molecular formula is C14H30. The van der Waals surface area contributed by atoms with Gasteiger partial charge in [-0.2, -0.15) is 0 Å². The molecule has 14 heavy (non-hydrogen) atoms. The third-order valence-corrected chi connectivity index (χ3v) is 3.50. The Balaban J connectivity index is 3.39. The van der Waals surface area contributed by atoms with E-state index in [9.17, 15) is 0 Å². The molecule has 0 aromatic rings. The van der Waals surface area contributed by atoms with Gasteiger partial charge in [0.25, 0.3) is 0 Å². The van der Waals surface area contributed by atoms with Crippen LogP contribution in [0.2, 0.25) is 0 Å². The van der Waals surface area contributed by atoms with Gasteiger partial charge >= 0.3 is 0 Å². The van der Waals surface area contributed by atoms with Crippen molar-refractivity contribution in [3.8, 4) is 0 Å². The molecule has 0 amide bonds. The lowest BCUT2D eigenvalue weighted by Crippen LogP contribution is -2.07. The van der Waals surface area contributed by atoms with Gasteiger partial charge in [0.05, 0.1) is 0 Å². The van der Waals surface area contributed by atoms with Gasteiger partial charge in [-0.05, 0) is 11.8 Å². The molecule has 0 saturated heterocycles. The number of rotatable bonds is 9. The van der Waals surface area contributed by atoms with Crippen LogP contribution < -0.4 is 0 Å². The first-order valence-electron chi connectivity index (χ1n) is 6.72. The molecule has 0 aromatic carbocycles. The lowest BCUT2D eigenvalue weighted by molar-refractivity contribution is 0.324. The molecule has 0 radical (unpaired) electrons. The molecule has 0 fully saturated rings. The summed E-state index contributed by atoms with van der Waals surface area (Å²) in [4.78, 5) is 0. The zero-order valence-electron chi connectivity index (χ0n) is 10.8. The highest BCUT2D eigenvalue weighted by Gasteiger charge is 2.10. The number of hydrogen-bond donors (Lipinski definition) is 0. The van der Waals surface area contributed by atoms with Gasteiger partial charge in [-0.25, -0.2) is 0 Å². The van der Waals surface area contributed by atoms with Crippen molar-refractivity contribution in [2.24, 2.45) is 11.8 Å². The molecule has 0 bridgehead atoms. The minimum atomic E-state index is 0.943. The van der Waals surface area contributed by atoms with E-state index in [0.29, 0.717) is 0 Å². The Labute approximate surface area is 91.5 Å². The van der Waals surface area contributed by atoms with E-state index in [-0.39, 0.29) is 0 Å². The quantitative estimate of drug-likeness (QED) is 0.434. The molecule has 0 nitrogen and oxygen atoms in total. The third-order valence-electron chi connectivity index (χ3n) is 3.50. The van der Waals surface area contributed by atoms with Crippen LogP contribution in [0.15, 0.2) is 0 Å². The van der Waals surface area contributed by atoms with Gasteiger partial charge in [0.15, 0.2) is 0 Å². The second kappa shape index (κ2) is 9.55. The van der Waals surface area contributed by atoms with Gasteiger partial charge < -0.3 is 0 Å². The fraction of sp³-hybridized carbons (Fsp3) is 1.00. The summed E-state index contributed by atoms with van der Waals surface area (Å²) < 4.78 is 0. The minimum absolute atomic E-state index is 0.943. The topological polar surface area (TPSA) is 0 Å². The SMILES string of the molecule is CCCCC[C@@H](C)[C@@H](C)CCCCC. The van der Waals surface area contributed by atoms with Gasteiger partial charge in [-0.1, -0.05) is 79.1 Å². The van der Waals surface area contributed by atoms with E-state index in [4.69, 9.17) is 0 Å². The largest absolute Gasteiger partial charge is 0.0654 e. The van der Waals surface area contributed by atoms with Crippen molar-refractivity contribution < 1.29 is 0 Å². The monoisotopic (exact) mass is 198 g/mol. The summed E-state index contributed by atoms with van der Waals surface area (Å²) in [6.45, 7) is 9.45. The molecule has 0 spiro atoms. The fourth-order valence-electron chi connectivity index (χ4n) is 2.00. The maximum Gasteiger partial charge on any atom is -0.0417 e. The molecular weight excluding hydrogens is 168 g/mol. The zero-order chi connectivity index (χ0) is 10.8. The van der Waals surface area contributed by atoms with Gasteiger partial charge in [0, 0.05) is 0 Å². The molecule has 0 aliphatic heterocycles. The first kappa shape index (κ1) is 14.0. The third kappa shape index (κ3) is 7.41. The smallest absolute Gasteiger partial charge is 0.0417 e. The van der Waals surface area contributed by atoms with E-state index in [2.05, 4.69) is 27.7 Å². The van der Waals surface area contributed by atoms with Gasteiger partial charge in [-0.3, -0.25) is 0 Å². The first-order chi connectivity index (χ1) is 6.72. The van der Waals surface area contributed by atoms with Crippen LogP contribution >= 0.6 is 0 Å². The van der Waals surface area contributed by atoms with Crippen LogP contribution in [0.5, 0.6) is 0 Å². The Hall–Kier alpha value is 0. The molecule has 0 heteroatoms. The zero-order valence-corrected chi connectivity index (χ0v) is 10.8. The van der Waals surface area contributed by atoms with Crippen LogP contribution in [0.3, 0.4) is 0 Å². The Morgan fingerprint density at radius 1 is 0.643 bits per heavy atom. The van der Waals surface area contributed by atoms with Crippen molar-refractivity contribution in [3.63, 3.8) is 0 Å². The van der Waals surface area contributed by atoms with Crippen LogP contribution in [-0.2, 0) is 0 Å². The molecule has 0 rings (SSSR count). The fourth-order valence-corrected chi connectivity index (χ4v) is 2.00. The maximum absolute atomic E-state index is 2.44. The summed E-state index contributed by atoms with van der Waals surface area (Å²) in [5.74, 6) is 1.89. The highest BCUT2D eigenvalue weighted by Crippen LogP contribution is 2.23. The van der Waals surface area contributed by atoms with E-state index < -0.39 is 0 Å². The predicted molar refractivity (Wildman–Crippen MR) is 66.6 cm³/mol. The van der Waals surface area contributed by atoms with Crippen molar-refractivity contribution in [2.75, 3.05) is 0 Å². The highest BCUT2D eigenvalue weighted by molar-refractivity contribution is 4.62. The molecule has 0 heterocycles. The summed E-state index contributed by atoms with van der Waals surface area (Å²) >= 11 is 0. The van der Waals surface area contributed by atoms with Crippen molar-refractivity contribution in [3.05, 3.63) is 0 Å². The molecule has 2 atom stereocenters. The molecule has 0 saturated carbocycles. The first-order valence-corrected chi connectivity index (χ1v) is 6.72. The summed E-state index contributed by atoms with van der Waals surface area (Å²) in [5, 5.41) is 0. The van der Waals surface area contributed by atoms with Crippen LogP contribution in [0.25, 0.3) is 0 Å². The van der Waals surface area contributed by atoms with Crippen molar-refractivity contribution in [1.82, 2.24) is 0 Å². The summed E-state index contributed by atoms with van der Waals surface area (Å²) in [6, 6.07) is 0. The number of hydrogen-bond acceptors (Lipinski definition) is 0. The van der Waals surface area contributed by atoms with Crippen molar-refractivity contribution >= 4 is 0 Å². The Morgan fingerprint density at radius 2 is 1.00 bits per heavy atom. The molecule has 0 aliphatic rings. The standard InChI is InChI=1S/C14H30/c1-5-7-9-11-13(3)14(4)12-10-8-6-2/h13-14H,5-12H2,1-4H3/t13-,14+. The second-order valence-corrected chi connectivity index (χ2v) is 4.95. The van der Waals surface area contributed by atoms with Gasteiger partial charge in [-0.15, -0.1) is 0 Å². The van der Waals surface area contributed by atoms with Crippen molar-refractivity contribution in [2.45, 2.75) is 79.1 Å². The maximum atomic E-state index is 2.44. The van der Waals surface area contributed by atoms with E-state index in [1.807, 2.05) is 0 Å². The van der Waals surface area contributed by atoms with Crippen LogP contribution in [0.4, 0.5) is 0 Å². The summed E-state index contributed by atoms with van der Waals surface area (Å²) in [5.41, 5.74) is 0. The van der Waals surface area contributed by atoms with Crippen LogP contribution in [0.1, 0.15) is 79.1 Å². The van der Waals surface area contributed by atoms with Crippen molar-refractivity contribution in [1.29, 1.82) is 0 Å². The van der Waals surface area contributed by atoms with Gasteiger partial charge in [0.2, 0.25) is 0 Å². The highest BCUT2D eigenvalue weighted by atomic mass is 14.2. The molecule has 0 unspecified atom stereocenters. The Morgan fingerprint density at radius 3 is 1.29 bits per heavy atom. The average molecular weight is 198 g/mol. The minimum Gasteiger partial charge on any atom is -0.0654 e. The lowest BCUT2D eigenvalue weighted by Gasteiger charge is -2.19. The second-order valence-electron chi connectivity index (χ2n) is 4.95. The van der Waals surface area contributed by atoms with E-state index >= 15 is 0 Å². The molecule has 0 N–H and O–H groups in total.